The van der Waals surface area contributed by atoms with Crippen LogP contribution in [0.25, 0.3) is 0 Å². The molecule has 0 bridgehead atoms. The maximum Gasteiger partial charge on any atom is 0.265 e. The SMILES string of the molecule is O=C(c1cncs1)N1CCC[C@@H](c2ncc(Cc3ccccc3F)o2)C1. The zero-order chi connectivity index (χ0) is 17.9. The van der Waals surface area contributed by atoms with Gasteiger partial charge in [-0.2, -0.15) is 0 Å². The van der Waals surface area contributed by atoms with Crippen molar-refractivity contribution >= 4 is 17.2 Å². The van der Waals surface area contributed by atoms with Crippen molar-refractivity contribution in [2.24, 2.45) is 0 Å². The van der Waals surface area contributed by atoms with Gasteiger partial charge in [0.25, 0.3) is 5.91 Å². The third-order valence-corrected chi connectivity index (χ3v) is 5.36. The molecule has 1 saturated heterocycles. The van der Waals surface area contributed by atoms with Gasteiger partial charge in [-0.1, -0.05) is 18.2 Å². The van der Waals surface area contributed by atoms with Gasteiger partial charge in [-0.15, -0.1) is 11.3 Å². The van der Waals surface area contributed by atoms with Crippen molar-refractivity contribution in [1.82, 2.24) is 14.9 Å². The lowest BCUT2D eigenvalue weighted by atomic mass is 9.98. The number of benzene rings is 1. The predicted octanol–water partition coefficient (Wildman–Crippen LogP) is 3.88. The molecular weight excluding hydrogens is 353 g/mol. The fourth-order valence-corrected chi connectivity index (χ4v) is 3.85. The third-order valence-electron chi connectivity index (χ3n) is 4.59. The molecule has 134 valence electrons. The minimum Gasteiger partial charge on any atom is -0.445 e. The van der Waals surface area contributed by atoms with Gasteiger partial charge < -0.3 is 9.32 Å². The highest BCUT2D eigenvalue weighted by molar-refractivity contribution is 7.11. The van der Waals surface area contributed by atoms with Crippen LogP contribution in [0.4, 0.5) is 4.39 Å². The highest BCUT2D eigenvalue weighted by atomic mass is 32.1. The summed E-state index contributed by atoms with van der Waals surface area (Å²) in [4.78, 5) is 23.4. The van der Waals surface area contributed by atoms with Gasteiger partial charge in [-0.3, -0.25) is 9.78 Å². The van der Waals surface area contributed by atoms with Crippen LogP contribution in [0.5, 0.6) is 0 Å². The van der Waals surface area contributed by atoms with Crippen molar-refractivity contribution in [1.29, 1.82) is 0 Å². The van der Waals surface area contributed by atoms with Crippen molar-refractivity contribution in [3.8, 4) is 0 Å². The number of thiazole rings is 1. The second-order valence-corrected chi connectivity index (χ2v) is 7.28. The monoisotopic (exact) mass is 371 g/mol. The Morgan fingerprint density at radius 3 is 3.04 bits per heavy atom. The van der Waals surface area contributed by atoms with E-state index in [1.807, 2.05) is 4.90 Å². The second kappa shape index (κ2) is 7.37. The van der Waals surface area contributed by atoms with E-state index >= 15 is 0 Å². The number of amides is 1. The molecule has 2 aromatic heterocycles. The topological polar surface area (TPSA) is 59.2 Å². The Kier molecular flexibility index (Phi) is 4.79. The first kappa shape index (κ1) is 16.9. The van der Waals surface area contributed by atoms with E-state index in [2.05, 4.69) is 9.97 Å². The Balaban J connectivity index is 1.45. The van der Waals surface area contributed by atoms with Crippen molar-refractivity contribution < 1.29 is 13.6 Å². The largest absolute Gasteiger partial charge is 0.445 e. The number of hydrogen-bond donors (Lipinski definition) is 0. The van der Waals surface area contributed by atoms with Crippen molar-refractivity contribution in [2.45, 2.75) is 25.2 Å². The molecule has 3 heterocycles. The average Bonchev–Trinajstić information content (AvgIpc) is 3.35. The van der Waals surface area contributed by atoms with E-state index in [9.17, 15) is 9.18 Å². The van der Waals surface area contributed by atoms with E-state index in [0.29, 0.717) is 35.1 Å². The van der Waals surface area contributed by atoms with E-state index in [4.69, 9.17) is 4.42 Å². The van der Waals surface area contributed by atoms with Gasteiger partial charge in [0, 0.05) is 19.5 Å². The molecule has 5 nitrogen and oxygen atoms in total. The summed E-state index contributed by atoms with van der Waals surface area (Å²) in [6, 6.07) is 6.66. The Hall–Kier alpha value is -2.54. The zero-order valence-electron chi connectivity index (χ0n) is 14.1. The van der Waals surface area contributed by atoms with Gasteiger partial charge >= 0.3 is 0 Å². The van der Waals surface area contributed by atoms with Gasteiger partial charge in [0.05, 0.1) is 23.8 Å². The first-order chi connectivity index (χ1) is 12.7. The summed E-state index contributed by atoms with van der Waals surface area (Å²) < 4.78 is 19.7. The summed E-state index contributed by atoms with van der Waals surface area (Å²) in [6.07, 6.45) is 5.46. The quantitative estimate of drug-likeness (QED) is 0.698. The maximum absolute atomic E-state index is 13.8. The second-order valence-electron chi connectivity index (χ2n) is 6.39. The molecule has 1 aliphatic rings. The number of likely N-dealkylation sites (tertiary alicyclic amines) is 1. The molecule has 0 radical (unpaired) electrons. The Morgan fingerprint density at radius 2 is 2.23 bits per heavy atom. The Morgan fingerprint density at radius 1 is 1.35 bits per heavy atom. The van der Waals surface area contributed by atoms with Crippen LogP contribution >= 0.6 is 11.3 Å². The molecule has 0 unspecified atom stereocenters. The van der Waals surface area contributed by atoms with Gasteiger partial charge in [0.15, 0.2) is 5.89 Å². The summed E-state index contributed by atoms with van der Waals surface area (Å²) in [7, 11) is 0. The molecule has 3 aromatic rings. The van der Waals surface area contributed by atoms with E-state index in [1.54, 1.807) is 36.1 Å². The van der Waals surface area contributed by atoms with Gasteiger partial charge in [0.2, 0.25) is 0 Å². The lowest BCUT2D eigenvalue weighted by molar-refractivity contribution is 0.0702. The first-order valence-electron chi connectivity index (χ1n) is 8.56. The normalized spacial score (nSPS) is 17.4. The molecule has 1 atom stereocenters. The summed E-state index contributed by atoms with van der Waals surface area (Å²) in [5, 5.41) is 0. The molecule has 4 rings (SSSR count). The smallest absolute Gasteiger partial charge is 0.265 e. The van der Waals surface area contributed by atoms with E-state index in [-0.39, 0.29) is 17.6 Å². The molecule has 7 heteroatoms. The summed E-state index contributed by atoms with van der Waals surface area (Å²) in [5.74, 6) is 1.09. The Labute approximate surface area is 154 Å². The van der Waals surface area contributed by atoms with Gasteiger partial charge in [-0.05, 0) is 24.5 Å². The van der Waals surface area contributed by atoms with Crippen LogP contribution in [-0.4, -0.2) is 33.9 Å². The van der Waals surface area contributed by atoms with Crippen LogP contribution in [-0.2, 0) is 6.42 Å². The van der Waals surface area contributed by atoms with Gasteiger partial charge in [-0.25, -0.2) is 9.37 Å². The molecule has 26 heavy (non-hydrogen) atoms. The van der Waals surface area contributed by atoms with Crippen LogP contribution in [0.3, 0.4) is 0 Å². The number of nitrogens with zero attached hydrogens (tertiary/aromatic N) is 3. The average molecular weight is 371 g/mol. The number of carbonyl (C=O) groups excluding carboxylic acids is 1. The number of carbonyl (C=O) groups is 1. The fraction of sp³-hybridized carbons (Fsp3) is 0.316. The minimum atomic E-state index is -0.246. The molecule has 0 saturated carbocycles. The van der Waals surface area contributed by atoms with Crippen molar-refractivity contribution in [3.05, 3.63) is 70.1 Å². The van der Waals surface area contributed by atoms with Crippen LogP contribution < -0.4 is 0 Å². The molecule has 1 fully saturated rings. The van der Waals surface area contributed by atoms with Gasteiger partial charge in [0.1, 0.15) is 16.5 Å². The number of rotatable bonds is 4. The summed E-state index contributed by atoms with van der Waals surface area (Å²) in [6.45, 7) is 1.31. The van der Waals surface area contributed by atoms with Crippen molar-refractivity contribution in [2.75, 3.05) is 13.1 Å². The van der Waals surface area contributed by atoms with Crippen LogP contribution in [0, 0.1) is 5.82 Å². The van der Waals surface area contributed by atoms with Crippen molar-refractivity contribution in [3.63, 3.8) is 0 Å². The molecule has 0 N–H and O–H groups in total. The number of piperidine rings is 1. The third kappa shape index (κ3) is 3.53. The number of oxazole rings is 1. The molecule has 0 aliphatic carbocycles. The van der Waals surface area contributed by atoms with E-state index < -0.39 is 0 Å². The van der Waals surface area contributed by atoms with Crippen LogP contribution in [0.1, 0.15) is 45.6 Å². The Bertz CT molecular complexity index is 894. The highest BCUT2D eigenvalue weighted by Gasteiger charge is 2.29. The van der Waals surface area contributed by atoms with Crippen LogP contribution in [0.15, 0.2) is 46.6 Å². The van der Waals surface area contributed by atoms with E-state index in [1.165, 1.54) is 17.4 Å². The fourth-order valence-electron chi connectivity index (χ4n) is 3.26. The maximum atomic E-state index is 13.8. The van der Waals surface area contributed by atoms with E-state index in [0.717, 1.165) is 19.4 Å². The molecule has 1 amide bonds. The van der Waals surface area contributed by atoms with Crippen LogP contribution in [0.2, 0.25) is 0 Å². The number of hydrogen-bond acceptors (Lipinski definition) is 5. The number of halogens is 1. The summed E-state index contributed by atoms with van der Waals surface area (Å²) in [5.41, 5.74) is 2.25. The summed E-state index contributed by atoms with van der Waals surface area (Å²) >= 11 is 1.35. The first-order valence-corrected chi connectivity index (χ1v) is 9.44. The predicted molar refractivity (Wildman–Crippen MR) is 95.7 cm³/mol. The molecular formula is C19H18FN3O2S. The lowest BCUT2D eigenvalue weighted by Crippen LogP contribution is -2.38. The lowest BCUT2D eigenvalue weighted by Gasteiger charge is -2.30. The minimum absolute atomic E-state index is 0.00957. The standard InChI is InChI=1S/C19H18FN3O2S/c20-16-6-2-1-4-13(16)8-15-9-22-18(25-15)14-5-3-7-23(11-14)19(24)17-10-21-12-26-17/h1-2,4,6,9-10,12,14H,3,5,7-8,11H2/t14-/m1/s1. The number of aromatic nitrogens is 2. The molecule has 0 spiro atoms. The highest BCUT2D eigenvalue weighted by Crippen LogP contribution is 2.28. The molecule has 1 aliphatic heterocycles. The zero-order valence-corrected chi connectivity index (χ0v) is 14.9. The molecule has 1 aromatic carbocycles.